The normalized spacial score (nSPS) is 13.6. The van der Waals surface area contributed by atoms with Crippen LogP contribution in [0, 0.1) is 18.3 Å². The number of aliphatic carboxylic acids is 1. The molecular weight excluding hydrogens is 248 g/mol. The average Bonchev–Trinajstić information content (AvgIpc) is 2.56. The number of hydrogen-bond acceptors (Lipinski definition) is 3. The van der Waals surface area contributed by atoms with Gasteiger partial charge in [0.1, 0.15) is 0 Å². The minimum atomic E-state index is -0.809. The quantitative estimate of drug-likeness (QED) is 0.836. The summed E-state index contributed by atoms with van der Waals surface area (Å²) in [4.78, 5) is 14.9. The summed E-state index contributed by atoms with van der Waals surface area (Å²) >= 11 is 1.28. The number of hydrogen-bond donors (Lipinski definition) is 1. The van der Waals surface area contributed by atoms with Crippen LogP contribution in [0.15, 0.2) is 11.4 Å². The van der Waals surface area contributed by atoms with E-state index in [1.54, 1.807) is 6.20 Å². The molecule has 0 aliphatic carbocycles. The van der Waals surface area contributed by atoms with Crippen LogP contribution >= 0.6 is 11.8 Å². The van der Waals surface area contributed by atoms with Crippen molar-refractivity contribution in [2.75, 3.05) is 5.75 Å². The minimum Gasteiger partial charge on any atom is -0.481 e. The Morgan fingerprint density at radius 2 is 2.17 bits per heavy atom. The molecule has 0 radical (unpaired) electrons. The summed E-state index contributed by atoms with van der Waals surface area (Å²) < 4.78 is 2.11. The molecule has 0 spiro atoms. The number of carbonyl (C=O) groups is 1. The lowest BCUT2D eigenvalue weighted by molar-refractivity contribution is -0.133. The van der Waals surface area contributed by atoms with Gasteiger partial charge in [0.25, 0.3) is 0 Å². The lowest BCUT2D eigenvalue weighted by Crippen LogP contribution is -2.23. The van der Waals surface area contributed by atoms with Gasteiger partial charge >= 0.3 is 5.97 Å². The third-order valence-electron chi connectivity index (χ3n) is 3.28. The van der Waals surface area contributed by atoms with Crippen LogP contribution in [0.5, 0.6) is 0 Å². The van der Waals surface area contributed by atoms with E-state index in [1.807, 2.05) is 6.92 Å². The van der Waals surface area contributed by atoms with Gasteiger partial charge in [0.2, 0.25) is 0 Å². The second kappa shape index (κ2) is 5.78. The molecule has 1 aromatic heterocycles. The lowest BCUT2D eigenvalue weighted by atomic mass is 9.82. The minimum absolute atomic E-state index is 0.0559. The number of aromatic nitrogens is 2. The van der Waals surface area contributed by atoms with Crippen molar-refractivity contribution in [2.24, 2.45) is 11.3 Å². The first-order valence-corrected chi connectivity index (χ1v) is 7.07. The summed E-state index contributed by atoms with van der Waals surface area (Å²) in [5.74, 6) is -0.258. The van der Waals surface area contributed by atoms with Gasteiger partial charge < -0.3 is 9.67 Å². The Morgan fingerprint density at radius 3 is 2.67 bits per heavy atom. The topological polar surface area (TPSA) is 55.1 Å². The second-order valence-corrected chi connectivity index (χ2v) is 6.68. The molecule has 0 aliphatic rings. The van der Waals surface area contributed by atoms with Gasteiger partial charge in [-0.15, -0.1) is 0 Å². The molecule has 0 aliphatic heterocycles. The summed E-state index contributed by atoms with van der Waals surface area (Å²) in [6.45, 7) is 11.7. The van der Waals surface area contributed by atoms with Gasteiger partial charge in [-0.2, -0.15) is 0 Å². The number of carboxylic acid groups (broad SMARTS) is 1. The van der Waals surface area contributed by atoms with E-state index >= 15 is 0 Å². The average molecular weight is 270 g/mol. The lowest BCUT2D eigenvalue weighted by Gasteiger charge is -2.28. The van der Waals surface area contributed by atoms with Crippen molar-refractivity contribution in [3.63, 3.8) is 0 Å². The van der Waals surface area contributed by atoms with Crippen LogP contribution in [0.3, 0.4) is 0 Å². The first kappa shape index (κ1) is 15.1. The molecular formula is C13H22N2O2S. The Hall–Kier alpha value is -0.970. The number of nitrogens with zero attached hydrogens (tertiary/aromatic N) is 2. The van der Waals surface area contributed by atoms with Crippen LogP contribution < -0.4 is 0 Å². The first-order chi connectivity index (χ1) is 8.21. The molecule has 0 fully saturated rings. The predicted octanol–water partition coefficient (Wildman–Crippen LogP) is 3.05. The Bertz CT molecular complexity index is 421. The molecule has 0 saturated heterocycles. The zero-order valence-electron chi connectivity index (χ0n) is 11.7. The molecule has 1 heterocycles. The van der Waals surface area contributed by atoms with Crippen molar-refractivity contribution in [2.45, 2.75) is 46.3 Å². The molecule has 0 aromatic carbocycles. The van der Waals surface area contributed by atoms with Crippen molar-refractivity contribution in [1.82, 2.24) is 9.55 Å². The molecule has 4 nitrogen and oxygen atoms in total. The second-order valence-electron chi connectivity index (χ2n) is 5.74. The number of aryl methyl sites for hydroxylation is 1. The summed E-state index contributed by atoms with van der Waals surface area (Å²) in [6, 6.07) is 0. The van der Waals surface area contributed by atoms with E-state index in [0.29, 0.717) is 5.92 Å². The Labute approximate surface area is 113 Å². The number of imidazole rings is 1. The van der Waals surface area contributed by atoms with E-state index in [0.717, 1.165) is 17.4 Å². The van der Waals surface area contributed by atoms with Crippen LogP contribution in [0.25, 0.3) is 0 Å². The highest BCUT2D eigenvalue weighted by Crippen LogP contribution is 2.29. The molecule has 1 unspecified atom stereocenters. The maximum absolute atomic E-state index is 10.6. The molecule has 1 aromatic rings. The van der Waals surface area contributed by atoms with E-state index in [9.17, 15) is 4.79 Å². The van der Waals surface area contributed by atoms with Crippen LogP contribution in [0.4, 0.5) is 0 Å². The molecule has 1 N–H and O–H groups in total. The third-order valence-corrected chi connectivity index (χ3v) is 4.25. The highest BCUT2D eigenvalue weighted by atomic mass is 32.2. The van der Waals surface area contributed by atoms with E-state index in [4.69, 9.17) is 5.11 Å². The zero-order chi connectivity index (χ0) is 13.9. The molecule has 102 valence electrons. The fourth-order valence-corrected chi connectivity index (χ4v) is 2.20. The first-order valence-electron chi connectivity index (χ1n) is 6.08. The van der Waals surface area contributed by atoms with Gasteiger partial charge in [0, 0.05) is 18.4 Å². The summed E-state index contributed by atoms with van der Waals surface area (Å²) in [5.41, 5.74) is 1.31. The number of rotatable bonds is 5. The van der Waals surface area contributed by atoms with E-state index in [2.05, 4.69) is 37.2 Å². The van der Waals surface area contributed by atoms with Crippen molar-refractivity contribution in [3.8, 4) is 0 Å². The molecule has 18 heavy (non-hydrogen) atoms. The van der Waals surface area contributed by atoms with Crippen molar-refractivity contribution < 1.29 is 9.90 Å². The van der Waals surface area contributed by atoms with Crippen LogP contribution in [0.1, 0.15) is 33.4 Å². The largest absolute Gasteiger partial charge is 0.481 e. The maximum Gasteiger partial charge on any atom is 0.313 e. The van der Waals surface area contributed by atoms with Crippen molar-refractivity contribution in [3.05, 3.63) is 11.9 Å². The van der Waals surface area contributed by atoms with Gasteiger partial charge in [0.15, 0.2) is 5.16 Å². The van der Waals surface area contributed by atoms with Gasteiger partial charge in [-0.1, -0.05) is 39.5 Å². The van der Waals surface area contributed by atoms with Crippen LogP contribution in [-0.4, -0.2) is 26.4 Å². The molecule has 0 saturated carbocycles. The van der Waals surface area contributed by atoms with Gasteiger partial charge in [-0.25, -0.2) is 4.98 Å². The SMILES string of the molecule is Cc1cnc(SCC(=O)O)n1CC(C)C(C)(C)C. The Kier molecular flexibility index (Phi) is 4.85. The molecule has 1 atom stereocenters. The molecule has 0 amide bonds. The highest BCUT2D eigenvalue weighted by molar-refractivity contribution is 7.99. The van der Waals surface area contributed by atoms with Crippen molar-refractivity contribution in [1.29, 1.82) is 0 Å². The molecule has 5 heteroatoms. The van der Waals surface area contributed by atoms with Crippen LogP contribution in [-0.2, 0) is 11.3 Å². The highest BCUT2D eigenvalue weighted by Gasteiger charge is 2.22. The standard InChI is InChI=1S/C13H22N2O2S/c1-9(13(3,4)5)7-15-10(2)6-14-12(15)18-8-11(16)17/h6,9H,7-8H2,1-5H3,(H,16,17). The summed E-state index contributed by atoms with van der Waals surface area (Å²) in [6.07, 6.45) is 1.81. The van der Waals surface area contributed by atoms with Gasteiger partial charge in [0.05, 0.1) is 5.75 Å². The fourth-order valence-electron chi connectivity index (χ4n) is 1.45. The number of thioether (sulfide) groups is 1. The van der Waals surface area contributed by atoms with E-state index < -0.39 is 5.97 Å². The molecule has 1 rings (SSSR count). The van der Waals surface area contributed by atoms with Gasteiger partial charge in [-0.05, 0) is 18.3 Å². The third kappa shape index (κ3) is 4.05. The van der Waals surface area contributed by atoms with Gasteiger partial charge in [-0.3, -0.25) is 4.79 Å². The summed E-state index contributed by atoms with van der Waals surface area (Å²) in [5, 5.41) is 9.52. The molecule has 0 bridgehead atoms. The van der Waals surface area contributed by atoms with Crippen LogP contribution in [0.2, 0.25) is 0 Å². The Morgan fingerprint density at radius 1 is 1.56 bits per heavy atom. The zero-order valence-corrected chi connectivity index (χ0v) is 12.5. The fraction of sp³-hybridized carbons (Fsp3) is 0.692. The Balaban J connectivity index is 2.81. The van der Waals surface area contributed by atoms with E-state index in [1.165, 1.54) is 11.8 Å². The smallest absolute Gasteiger partial charge is 0.313 e. The monoisotopic (exact) mass is 270 g/mol. The number of carboxylic acids is 1. The van der Waals surface area contributed by atoms with E-state index in [-0.39, 0.29) is 11.2 Å². The van der Waals surface area contributed by atoms with Crippen molar-refractivity contribution >= 4 is 17.7 Å². The predicted molar refractivity (Wildman–Crippen MR) is 73.9 cm³/mol. The summed E-state index contributed by atoms with van der Waals surface area (Å²) in [7, 11) is 0. The maximum atomic E-state index is 10.6.